The molecule has 1 aliphatic heterocycles. The van der Waals surface area contributed by atoms with Crippen molar-refractivity contribution in [1.29, 1.82) is 0 Å². The molecule has 0 fully saturated rings. The zero-order valence-corrected chi connectivity index (χ0v) is 13.0. The van der Waals surface area contributed by atoms with Gasteiger partial charge in [0, 0.05) is 28.1 Å². The standard InChI is InChI=1S/C16H14BrF2NO/c1-20-14-8-16(11-6-9(17)2-4-13(11)19)21-15-5-3-10(18)7-12(14)15/h2-7,14,16,20H,8H2,1H3. The summed E-state index contributed by atoms with van der Waals surface area (Å²) in [5.41, 5.74) is 1.27. The number of ether oxygens (including phenoxy) is 1. The highest BCUT2D eigenvalue weighted by Gasteiger charge is 2.30. The molecule has 1 N–H and O–H groups in total. The first-order chi connectivity index (χ1) is 10.1. The monoisotopic (exact) mass is 353 g/mol. The Labute approximate surface area is 130 Å². The minimum Gasteiger partial charge on any atom is -0.485 e. The van der Waals surface area contributed by atoms with Crippen LogP contribution in [-0.4, -0.2) is 7.05 Å². The van der Waals surface area contributed by atoms with Crippen LogP contribution in [0.25, 0.3) is 0 Å². The van der Waals surface area contributed by atoms with Gasteiger partial charge in [-0.25, -0.2) is 8.78 Å². The van der Waals surface area contributed by atoms with Crippen LogP contribution in [0.3, 0.4) is 0 Å². The predicted molar refractivity (Wildman–Crippen MR) is 80.3 cm³/mol. The van der Waals surface area contributed by atoms with Crippen LogP contribution in [0.15, 0.2) is 40.9 Å². The van der Waals surface area contributed by atoms with E-state index in [1.165, 1.54) is 18.2 Å². The van der Waals surface area contributed by atoms with Gasteiger partial charge < -0.3 is 10.1 Å². The van der Waals surface area contributed by atoms with Crippen molar-refractivity contribution in [3.63, 3.8) is 0 Å². The van der Waals surface area contributed by atoms with Crippen LogP contribution in [-0.2, 0) is 0 Å². The summed E-state index contributed by atoms with van der Waals surface area (Å²) in [5.74, 6) is -0.0142. The maximum Gasteiger partial charge on any atom is 0.130 e. The summed E-state index contributed by atoms with van der Waals surface area (Å²) in [6.45, 7) is 0. The molecular weight excluding hydrogens is 340 g/mol. The smallest absolute Gasteiger partial charge is 0.130 e. The Hall–Kier alpha value is -1.46. The summed E-state index contributed by atoms with van der Waals surface area (Å²) in [4.78, 5) is 0. The van der Waals surface area contributed by atoms with Gasteiger partial charge in [-0.15, -0.1) is 0 Å². The van der Waals surface area contributed by atoms with Crippen LogP contribution in [0.1, 0.15) is 29.7 Å². The third kappa shape index (κ3) is 2.80. The number of hydrogen-bond donors (Lipinski definition) is 1. The van der Waals surface area contributed by atoms with E-state index in [9.17, 15) is 8.78 Å². The van der Waals surface area contributed by atoms with Gasteiger partial charge in [0.2, 0.25) is 0 Å². The second-order valence-electron chi connectivity index (χ2n) is 5.03. The van der Waals surface area contributed by atoms with Crippen LogP contribution < -0.4 is 10.1 Å². The Kier molecular flexibility index (Phi) is 3.95. The SMILES string of the molecule is CNC1CC(c2cc(Br)ccc2F)Oc2ccc(F)cc21. The lowest BCUT2D eigenvalue weighted by atomic mass is 9.93. The lowest BCUT2D eigenvalue weighted by molar-refractivity contribution is 0.149. The second kappa shape index (κ2) is 5.73. The summed E-state index contributed by atoms with van der Waals surface area (Å²) >= 11 is 3.35. The molecule has 0 amide bonds. The summed E-state index contributed by atoms with van der Waals surface area (Å²) < 4.78 is 34.1. The van der Waals surface area contributed by atoms with Crippen molar-refractivity contribution in [2.45, 2.75) is 18.6 Å². The molecule has 0 aliphatic carbocycles. The minimum absolute atomic E-state index is 0.0761. The molecule has 3 rings (SSSR count). The Balaban J connectivity index is 2.00. The van der Waals surface area contributed by atoms with E-state index in [-0.39, 0.29) is 17.7 Å². The highest BCUT2D eigenvalue weighted by molar-refractivity contribution is 9.10. The molecule has 2 atom stereocenters. The zero-order chi connectivity index (χ0) is 15.0. The van der Waals surface area contributed by atoms with Gasteiger partial charge in [-0.05, 0) is 43.4 Å². The molecule has 0 saturated heterocycles. The Morgan fingerprint density at radius 1 is 1.14 bits per heavy atom. The average Bonchev–Trinajstić information content (AvgIpc) is 2.48. The molecular formula is C16H14BrF2NO. The lowest BCUT2D eigenvalue weighted by Crippen LogP contribution is -2.27. The van der Waals surface area contributed by atoms with Crippen molar-refractivity contribution in [3.05, 3.63) is 63.6 Å². The van der Waals surface area contributed by atoms with Crippen molar-refractivity contribution >= 4 is 15.9 Å². The predicted octanol–water partition coefficient (Wildman–Crippen LogP) is 4.51. The first-order valence-corrected chi connectivity index (χ1v) is 7.46. The van der Waals surface area contributed by atoms with E-state index >= 15 is 0 Å². The molecule has 1 aliphatic rings. The Morgan fingerprint density at radius 3 is 2.71 bits per heavy atom. The van der Waals surface area contributed by atoms with E-state index in [1.807, 2.05) is 0 Å². The number of nitrogens with one attached hydrogen (secondary N) is 1. The maximum atomic E-state index is 14.0. The maximum absolute atomic E-state index is 14.0. The van der Waals surface area contributed by atoms with Gasteiger partial charge in [0.25, 0.3) is 0 Å². The van der Waals surface area contributed by atoms with Gasteiger partial charge in [-0.2, -0.15) is 0 Å². The molecule has 0 radical (unpaired) electrons. The third-order valence-electron chi connectivity index (χ3n) is 3.72. The molecule has 0 aromatic heterocycles. The van der Waals surface area contributed by atoms with Gasteiger partial charge in [-0.3, -0.25) is 0 Å². The van der Waals surface area contributed by atoms with Gasteiger partial charge in [0.05, 0.1) is 0 Å². The van der Waals surface area contributed by atoms with E-state index in [0.29, 0.717) is 17.7 Å². The fourth-order valence-electron chi connectivity index (χ4n) is 2.67. The molecule has 2 aromatic carbocycles. The number of hydrogen-bond acceptors (Lipinski definition) is 2. The van der Waals surface area contributed by atoms with E-state index in [4.69, 9.17) is 4.74 Å². The van der Waals surface area contributed by atoms with Crippen LogP contribution in [0.5, 0.6) is 5.75 Å². The third-order valence-corrected chi connectivity index (χ3v) is 4.21. The van der Waals surface area contributed by atoms with Gasteiger partial charge in [0.1, 0.15) is 23.5 Å². The first-order valence-electron chi connectivity index (χ1n) is 6.67. The van der Waals surface area contributed by atoms with Crippen LogP contribution in [0.4, 0.5) is 8.78 Å². The van der Waals surface area contributed by atoms with E-state index in [1.54, 1.807) is 25.2 Å². The molecule has 110 valence electrons. The molecule has 0 bridgehead atoms. The highest BCUT2D eigenvalue weighted by atomic mass is 79.9. The van der Waals surface area contributed by atoms with Gasteiger partial charge in [-0.1, -0.05) is 15.9 Å². The minimum atomic E-state index is -0.405. The summed E-state index contributed by atoms with van der Waals surface area (Å²) in [6, 6.07) is 9.12. The molecule has 21 heavy (non-hydrogen) atoms. The number of benzene rings is 2. The number of halogens is 3. The van der Waals surface area contributed by atoms with E-state index < -0.39 is 6.10 Å². The topological polar surface area (TPSA) is 21.3 Å². The first kappa shape index (κ1) is 14.5. The van der Waals surface area contributed by atoms with Crippen molar-refractivity contribution < 1.29 is 13.5 Å². The molecule has 2 unspecified atom stereocenters. The normalized spacial score (nSPS) is 20.8. The van der Waals surface area contributed by atoms with Gasteiger partial charge in [0.15, 0.2) is 0 Å². The van der Waals surface area contributed by atoms with Crippen molar-refractivity contribution in [2.75, 3.05) is 7.05 Å². The van der Waals surface area contributed by atoms with Crippen molar-refractivity contribution in [2.24, 2.45) is 0 Å². The highest BCUT2D eigenvalue weighted by Crippen LogP contribution is 2.41. The summed E-state index contributed by atoms with van der Waals surface area (Å²) in [7, 11) is 1.80. The average molecular weight is 354 g/mol. The van der Waals surface area contributed by atoms with Crippen molar-refractivity contribution in [3.8, 4) is 5.75 Å². The summed E-state index contributed by atoms with van der Waals surface area (Å²) in [6.07, 6.45) is 0.137. The lowest BCUT2D eigenvalue weighted by Gasteiger charge is -2.32. The Bertz CT molecular complexity index is 677. The van der Waals surface area contributed by atoms with Crippen LogP contribution >= 0.6 is 15.9 Å². The fourth-order valence-corrected chi connectivity index (χ4v) is 3.05. The van der Waals surface area contributed by atoms with Crippen LogP contribution in [0, 0.1) is 11.6 Å². The largest absolute Gasteiger partial charge is 0.485 e. The Morgan fingerprint density at radius 2 is 1.95 bits per heavy atom. The fraction of sp³-hybridized carbons (Fsp3) is 0.250. The zero-order valence-electron chi connectivity index (χ0n) is 11.4. The number of fused-ring (bicyclic) bond motifs is 1. The van der Waals surface area contributed by atoms with Crippen LogP contribution in [0.2, 0.25) is 0 Å². The molecule has 2 aromatic rings. The second-order valence-corrected chi connectivity index (χ2v) is 5.95. The molecule has 0 saturated carbocycles. The van der Waals surface area contributed by atoms with Crippen molar-refractivity contribution in [1.82, 2.24) is 5.32 Å². The van der Waals surface area contributed by atoms with Gasteiger partial charge >= 0.3 is 0 Å². The van der Waals surface area contributed by atoms with E-state index in [0.717, 1.165) is 10.0 Å². The molecule has 1 heterocycles. The quantitative estimate of drug-likeness (QED) is 0.857. The van der Waals surface area contributed by atoms with E-state index in [2.05, 4.69) is 21.2 Å². The number of rotatable bonds is 2. The molecule has 0 spiro atoms. The molecule has 2 nitrogen and oxygen atoms in total. The summed E-state index contributed by atoms with van der Waals surface area (Å²) in [5, 5.41) is 3.14. The molecule has 5 heteroatoms.